The summed E-state index contributed by atoms with van der Waals surface area (Å²) in [6.45, 7) is 5.36. The van der Waals surface area contributed by atoms with Crippen molar-refractivity contribution in [3.05, 3.63) is 86.6 Å². The van der Waals surface area contributed by atoms with Crippen LogP contribution in [0.5, 0.6) is 23.0 Å². The second-order valence-corrected chi connectivity index (χ2v) is 8.89. The van der Waals surface area contributed by atoms with Gasteiger partial charge in [0, 0.05) is 27.2 Å². The predicted octanol–water partition coefficient (Wildman–Crippen LogP) is 6.22. The maximum absolute atomic E-state index is 13.1. The van der Waals surface area contributed by atoms with Crippen molar-refractivity contribution < 1.29 is 28.5 Å². The Morgan fingerprint density at radius 1 is 1.12 bits per heavy atom. The fourth-order valence-corrected chi connectivity index (χ4v) is 4.67. The Morgan fingerprint density at radius 3 is 2.82 bits per heavy atom. The molecule has 0 amide bonds. The Hall–Kier alpha value is -3.29. The predicted molar refractivity (Wildman–Crippen MR) is 130 cm³/mol. The molecule has 2 heterocycles. The summed E-state index contributed by atoms with van der Waals surface area (Å²) in [5.74, 6) is 2.70. The quantitative estimate of drug-likeness (QED) is 0.358. The van der Waals surface area contributed by atoms with Gasteiger partial charge in [0.1, 0.15) is 29.6 Å². The molecular formula is C27H23BrO6. The zero-order valence-corrected chi connectivity index (χ0v) is 20.4. The van der Waals surface area contributed by atoms with Crippen LogP contribution in [0.15, 0.2) is 58.8 Å². The second kappa shape index (κ2) is 9.52. The lowest BCUT2D eigenvalue weighted by Crippen LogP contribution is -2.14. The molecule has 0 fully saturated rings. The number of hydrogen-bond donors (Lipinski definition) is 0. The van der Waals surface area contributed by atoms with Crippen LogP contribution in [0.1, 0.15) is 39.5 Å². The molecule has 0 atom stereocenters. The summed E-state index contributed by atoms with van der Waals surface area (Å²) in [6.07, 6.45) is 1.72. The molecule has 0 N–H and O–H groups in total. The number of carbonyl (C=O) groups excluding carboxylic acids is 1. The summed E-state index contributed by atoms with van der Waals surface area (Å²) in [5.41, 5.74) is 4.02. The van der Waals surface area contributed by atoms with E-state index in [1.807, 2.05) is 56.3 Å². The van der Waals surface area contributed by atoms with E-state index < -0.39 is 0 Å². The van der Waals surface area contributed by atoms with E-state index in [9.17, 15) is 4.79 Å². The van der Waals surface area contributed by atoms with Gasteiger partial charge >= 0.3 is 0 Å². The number of para-hydroxylation sites is 1. The van der Waals surface area contributed by atoms with Crippen LogP contribution in [0.4, 0.5) is 0 Å². The second-order valence-electron chi connectivity index (χ2n) is 7.98. The van der Waals surface area contributed by atoms with Gasteiger partial charge in [0.2, 0.25) is 5.78 Å². The maximum atomic E-state index is 13.1. The number of rotatable bonds is 6. The Labute approximate surface area is 206 Å². The molecule has 34 heavy (non-hydrogen) atoms. The van der Waals surface area contributed by atoms with Crippen molar-refractivity contribution in [1.82, 2.24) is 0 Å². The molecule has 3 aromatic rings. The van der Waals surface area contributed by atoms with E-state index in [-0.39, 0.29) is 18.3 Å². The van der Waals surface area contributed by atoms with E-state index in [1.54, 1.807) is 12.1 Å². The normalized spacial score (nSPS) is 15.4. The Kier molecular flexibility index (Phi) is 6.30. The van der Waals surface area contributed by atoms with Crippen molar-refractivity contribution in [1.29, 1.82) is 0 Å². The van der Waals surface area contributed by atoms with Crippen LogP contribution in [0.25, 0.3) is 6.08 Å². The van der Waals surface area contributed by atoms with E-state index in [0.717, 1.165) is 32.5 Å². The van der Waals surface area contributed by atoms with Gasteiger partial charge in [-0.05, 0) is 49.8 Å². The third-order valence-corrected chi connectivity index (χ3v) is 6.05. The zero-order valence-electron chi connectivity index (χ0n) is 18.9. The fraction of sp³-hybridized carbons (Fsp3) is 0.222. The molecule has 0 bridgehead atoms. The SMILES string of the molecule is CCOc1ccccc1/C=C1\Oc2cc(OCc3cc(Br)cc4c3OCOC4)cc(C)c2C1=O. The molecule has 174 valence electrons. The molecule has 6 nitrogen and oxygen atoms in total. The van der Waals surface area contributed by atoms with Gasteiger partial charge < -0.3 is 23.7 Å². The van der Waals surface area contributed by atoms with Gasteiger partial charge in [0.25, 0.3) is 0 Å². The first-order chi connectivity index (χ1) is 16.5. The van der Waals surface area contributed by atoms with E-state index in [0.29, 0.717) is 42.6 Å². The van der Waals surface area contributed by atoms with Crippen LogP contribution in [0.2, 0.25) is 0 Å². The monoisotopic (exact) mass is 522 g/mol. The third kappa shape index (κ3) is 4.41. The van der Waals surface area contributed by atoms with Crippen LogP contribution in [0.3, 0.4) is 0 Å². The van der Waals surface area contributed by atoms with Gasteiger partial charge in [-0.2, -0.15) is 0 Å². The Morgan fingerprint density at radius 2 is 1.97 bits per heavy atom. The minimum atomic E-state index is -0.153. The summed E-state index contributed by atoms with van der Waals surface area (Å²) in [7, 11) is 0. The topological polar surface area (TPSA) is 63.2 Å². The first kappa shape index (κ1) is 22.5. The first-order valence-corrected chi connectivity index (χ1v) is 11.8. The summed E-state index contributed by atoms with van der Waals surface area (Å²) in [6, 6.07) is 15.1. The molecule has 5 rings (SSSR count). The highest BCUT2D eigenvalue weighted by Gasteiger charge is 2.30. The number of halogens is 1. The van der Waals surface area contributed by atoms with Crippen molar-refractivity contribution in [3.63, 3.8) is 0 Å². The highest BCUT2D eigenvalue weighted by molar-refractivity contribution is 9.10. The number of fused-ring (bicyclic) bond motifs is 2. The summed E-state index contributed by atoms with van der Waals surface area (Å²) >= 11 is 3.54. The van der Waals surface area contributed by atoms with Crippen molar-refractivity contribution in [2.75, 3.05) is 13.4 Å². The van der Waals surface area contributed by atoms with Crippen LogP contribution < -0.4 is 18.9 Å². The number of hydrogen-bond acceptors (Lipinski definition) is 6. The molecule has 0 radical (unpaired) electrons. The molecule has 2 aliphatic heterocycles. The molecule has 0 spiro atoms. The van der Waals surface area contributed by atoms with Gasteiger partial charge in [-0.15, -0.1) is 0 Å². The standard InChI is InChI=1S/C27H23BrO6/c1-3-31-22-7-5-4-6-17(22)11-24-26(29)25-16(2)8-21(12-23(25)34-24)32-14-19-10-20(28)9-18-13-30-15-33-27(18)19/h4-12H,3,13-15H2,1-2H3/b24-11-. The van der Waals surface area contributed by atoms with Gasteiger partial charge in [0.15, 0.2) is 12.6 Å². The molecule has 0 aliphatic carbocycles. The molecule has 0 unspecified atom stereocenters. The third-order valence-electron chi connectivity index (χ3n) is 5.60. The molecule has 0 aromatic heterocycles. The van der Waals surface area contributed by atoms with Crippen LogP contribution in [-0.4, -0.2) is 19.2 Å². The van der Waals surface area contributed by atoms with Crippen molar-refractivity contribution in [2.45, 2.75) is 27.1 Å². The molecule has 2 aliphatic rings. The summed E-state index contributed by atoms with van der Waals surface area (Å²) in [5, 5.41) is 0. The van der Waals surface area contributed by atoms with Crippen molar-refractivity contribution >= 4 is 27.8 Å². The maximum Gasteiger partial charge on any atom is 0.232 e. The van der Waals surface area contributed by atoms with Gasteiger partial charge in [-0.3, -0.25) is 4.79 Å². The van der Waals surface area contributed by atoms with Crippen LogP contribution in [0, 0.1) is 6.92 Å². The number of aryl methyl sites for hydroxylation is 1. The zero-order chi connectivity index (χ0) is 23.7. The molecule has 0 saturated heterocycles. The number of carbonyl (C=O) groups is 1. The highest BCUT2D eigenvalue weighted by Crippen LogP contribution is 2.39. The average molecular weight is 523 g/mol. The van der Waals surface area contributed by atoms with Gasteiger partial charge in [-0.1, -0.05) is 34.1 Å². The summed E-state index contributed by atoms with van der Waals surface area (Å²) < 4.78 is 29.7. The summed E-state index contributed by atoms with van der Waals surface area (Å²) in [4.78, 5) is 13.1. The number of Topliss-reactive ketones (excluding diaryl/α,β-unsaturated/α-hetero) is 1. The van der Waals surface area contributed by atoms with Crippen LogP contribution >= 0.6 is 15.9 Å². The van der Waals surface area contributed by atoms with Gasteiger partial charge in [0.05, 0.1) is 18.8 Å². The highest BCUT2D eigenvalue weighted by atomic mass is 79.9. The minimum Gasteiger partial charge on any atom is -0.493 e. The van der Waals surface area contributed by atoms with Crippen molar-refractivity contribution in [3.8, 4) is 23.0 Å². The lowest BCUT2D eigenvalue weighted by molar-refractivity contribution is -0.0176. The first-order valence-electron chi connectivity index (χ1n) is 11.0. The number of benzene rings is 3. The van der Waals surface area contributed by atoms with E-state index in [1.165, 1.54) is 0 Å². The van der Waals surface area contributed by atoms with E-state index in [4.69, 9.17) is 23.7 Å². The largest absolute Gasteiger partial charge is 0.493 e. The van der Waals surface area contributed by atoms with E-state index in [2.05, 4.69) is 15.9 Å². The molecule has 0 saturated carbocycles. The Balaban J connectivity index is 1.39. The smallest absolute Gasteiger partial charge is 0.232 e. The lowest BCUT2D eigenvalue weighted by Gasteiger charge is -2.21. The Bertz CT molecular complexity index is 1300. The fourth-order valence-electron chi connectivity index (χ4n) is 4.11. The number of ketones is 1. The molecular weight excluding hydrogens is 500 g/mol. The lowest BCUT2D eigenvalue weighted by atomic mass is 10.0. The molecule has 7 heteroatoms. The number of allylic oxidation sites excluding steroid dienone is 1. The van der Waals surface area contributed by atoms with Crippen LogP contribution in [-0.2, 0) is 18.0 Å². The van der Waals surface area contributed by atoms with E-state index >= 15 is 0 Å². The van der Waals surface area contributed by atoms with Gasteiger partial charge in [-0.25, -0.2) is 0 Å². The number of ether oxygens (including phenoxy) is 5. The van der Waals surface area contributed by atoms with Crippen molar-refractivity contribution in [2.24, 2.45) is 0 Å². The average Bonchev–Trinajstić information content (AvgIpc) is 3.14. The molecule has 3 aromatic carbocycles. The minimum absolute atomic E-state index is 0.153.